The lowest BCUT2D eigenvalue weighted by Crippen LogP contribution is -2.39. The zero-order valence-corrected chi connectivity index (χ0v) is 19.3. The molecule has 2 aromatic rings. The lowest BCUT2D eigenvalue weighted by molar-refractivity contribution is 0.282. The second kappa shape index (κ2) is 12.9. The number of likely N-dealkylation sites (tertiary alicyclic amines) is 1. The Bertz CT molecular complexity index is 707. The first-order valence-corrected chi connectivity index (χ1v) is 10.3. The summed E-state index contributed by atoms with van der Waals surface area (Å²) in [6.07, 6.45) is 10.6. The molecule has 0 amide bonds. The molecule has 3 rings (SSSR count). The van der Waals surface area contributed by atoms with E-state index in [0.29, 0.717) is 0 Å². The molecule has 1 aliphatic heterocycles. The standard InChI is InChI=1S/C20H33N7.HI/c1-21-20(23-13-9-16-26-14-5-2-3-6-15-26)22-12-8-11-19-25-24-18-10-4-7-17-27(18)19;/h4,7,10,17H,2-3,5-6,8-9,11-16H2,1H3,(H2,21,22,23);1H. The highest BCUT2D eigenvalue weighted by Gasteiger charge is 2.08. The van der Waals surface area contributed by atoms with Gasteiger partial charge in [-0.25, -0.2) is 0 Å². The van der Waals surface area contributed by atoms with Crippen LogP contribution >= 0.6 is 24.0 Å². The lowest BCUT2D eigenvalue weighted by Gasteiger charge is -2.20. The molecule has 0 radical (unpaired) electrons. The molecule has 0 spiro atoms. The fraction of sp³-hybridized carbons (Fsp3) is 0.650. The van der Waals surface area contributed by atoms with Gasteiger partial charge in [-0.05, 0) is 57.5 Å². The maximum Gasteiger partial charge on any atom is 0.190 e. The Morgan fingerprint density at radius 3 is 2.54 bits per heavy atom. The van der Waals surface area contributed by atoms with Crippen LogP contribution in [0.3, 0.4) is 0 Å². The topological polar surface area (TPSA) is 69.8 Å². The smallest absolute Gasteiger partial charge is 0.190 e. The number of guanidine groups is 1. The van der Waals surface area contributed by atoms with E-state index in [1.165, 1.54) is 45.3 Å². The predicted molar refractivity (Wildman–Crippen MR) is 126 cm³/mol. The summed E-state index contributed by atoms with van der Waals surface area (Å²) >= 11 is 0. The Morgan fingerprint density at radius 2 is 1.79 bits per heavy atom. The number of pyridine rings is 1. The number of aromatic nitrogens is 3. The van der Waals surface area contributed by atoms with E-state index in [0.717, 1.165) is 49.8 Å². The zero-order chi connectivity index (χ0) is 18.7. The summed E-state index contributed by atoms with van der Waals surface area (Å²) in [5.74, 6) is 1.89. The van der Waals surface area contributed by atoms with Crippen molar-refractivity contribution in [1.29, 1.82) is 0 Å². The fourth-order valence-electron chi connectivity index (χ4n) is 3.60. The fourth-order valence-corrected chi connectivity index (χ4v) is 3.60. The van der Waals surface area contributed by atoms with Gasteiger partial charge in [0.1, 0.15) is 5.82 Å². The summed E-state index contributed by atoms with van der Waals surface area (Å²) < 4.78 is 2.05. The van der Waals surface area contributed by atoms with Crippen molar-refractivity contribution in [2.45, 2.75) is 44.9 Å². The van der Waals surface area contributed by atoms with Gasteiger partial charge in [-0.15, -0.1) is 34.2 Å². The van der Waals surface area contributed by atoms with Gasteiger partial charge in [0, 0.05) is 32.8 Å². The van der Waals surface area contributed by atoms with Gasteiger partial charge in [-0.2, -0.15) is 0 Å². The number of halogens is 1. The average molecular weight is 499 g/mol. The maximum atomic E-state index is 4.32. The molecule has 7 nitrogen and oxygen atoms in total. The normalized spacial score (nSPS) is 15.8. The van der Waals surface area contributed by atoms with E-state index in [-0.39, 0.29) is 24.0 Å². The molecule has 0 bridgehead atoms. The van der Waals surface area contributed by atoms with E-state index >= 15 is 0 Å². The van der Waals surface area contributed by atoms with Crippen molar-refractivity contribution in [3.05, 3.63) is 30.2 Å². The van der Waals surface area contributed by atoms with Crippen LogP contribution in [0, 0.1) is 0 Å². The Morgan fingerprint density at radius 1 is 1.04 bits per heavy atom. The predicted octanol–water partition coefficient (Wildman–Crippen LogP) is 2.71. The minimum absolute atomic E-state index is 0. The van der Waals surface area contributed by atoms with Crippen molar-refractivity contribution in [1.82, 2.24) is 30.1 Å². The van der Waals surface area contributed by atoms with Gasteiger partial charge in [0.15, 0.2) is 11.6 Å². The molecule has 8 heteroatoms. The number of hydrogen-bond acceptors (Lipinski definition) is 4. The van der Waals surface area contributed by atoms with Crippen LogP contribution in [0.15, 0.2) is 29.4 Å². The summed E-state index contributed by atoms with van der Waals surface area (Å²) in [6, 6.07) is 5.97. The quantitative estimate of drug-likeness (QED) is 0.253. The number of aliphatic imine (C=N–C) groups is 1. The molecule has 0 aromatic carbocycles. The molecule has 2 aromatic heterocycles. The number of aryl methyl sites for hydroxylation is 1. The molecule has 0 atom stereocenters. The number of hydrogen-bond donors (Lipinski definition) is 2. The SMILES string of the molecule is CN=C(NCCCc1nnc2ccccn12)NCCCN1CCCCCC1.I. The molecule has 0 unspecified atom stereocenters. The Balaban J connectivity index is 0.00000280. The van der Waals surface area contributed by atoms with Crippen LogP contribution in [0.4, 0.5) is 0 Å². The molecule has 28 heavy (non-hydrogen) atoms. The van der Waals surface area contributed by atoms with E-state index in [9.17, 15) is 0 Å². The molecular formula is C20H34IN7. The summed E-state index contributed by atoms with van der Waals surface area (Å²) in [6.45, 7) is 5.55. The Hall–Kier alpha value is -1.42. The average Bonchev–Trinajstić information content (AvgIpc) is 2.93. The van der Waals surface area contributed by atoms with Crippen LogP contribution in [0.1, 0.15) is 44.3 Å². The highest BCUT2D eigenvalue weighted by atomic mass is 127. The molecule has 3 heterocycles. The summed E-state index contributed by atoms with van der Waals surface area (Å²) in [5.41, 5.74) is 0.905. The molecule has 0 aliphatic carbocycles. The van der Waals surface area contributed by atoms with E-state index in [1.54, 1.807) is 0 Å². The molecule has 1 aliphatic rings. The summed E-state index contributed by atoms with van der Waals surface area (Å²) in [5, 5.41) is 15.3. The van der Waals surface area contributed by atoms with Gasteiger partial charge in [0.25, 0.3) is 0 Å². The summed E-state index contributed by atoms with van der Waals surface area (Å²) in [7, 11) is 1.83. The van der Waals surface area contributed by atoms with Crippen molar-refractivity contribution >= 4 is 35.6 Å². The van der Waals surface area contributed by atoms with Gasteiger partial charge >= 0.3 is 0 Å². The van der Waals surface area contributed by atoms with E-state index in [4.69, 9.17) is 0 Å². The zero-order valence-electron chi connectivity index (χ0n) is 16.9. The molecular weight excluding hydrogens is 465 g/mol. The first kappa shape index (κ1) is 22.9. The highest BCUT2D eigenvalue weighted by molar-refractivity contribution is 14.0. The van der Waals surface area contributed by atoms with Gasteiger partial charge in [0.05, 0.1) is 0 Å². The van der Waals surface area contributed by atoms with Crippen LogP contribution in [0.2, 0.25) is 0 Å². The van der Waals surface area contributed by atoms with Crippen molar-refractivity contribution in [2.75, 3.05) is 39.8 Å². The highest BCUT2D eigenvalue weighted by Crippen LogP contribution is 2.09. The Kier molecular flexibility index (Phi) is 10.6. The van der Waals surface area contributed by atoms with E-state index < -0.39 is 0 Å². The van der Waals surface area contributed by atoms with E-state index in [2.05, 4.69) is 35.1 Å². The van der Waals surface area contributed by atoms with Gasteiger partial charge in [-0.3, -0.25) is 9.39 Å². The monoisotopic (exact) mass is 499 g/mol. The first-order chi connectivity index (χ1) is 13.4. The van der Waals surface area contributed by atoms with Crippen molar-refractivity contribution in [3.63, 3.8) is 0 Å². The van der Waals surface area contributed by atoms with Gasteiger partial charge in [0.2, 0.25) is 0 Å². The third-order valence-corrected chi connectivity index (χ3v) is 5.12. The third kappa shape index (κ3) is 7.20. The molecule has 1 saturated heterocycles. The minimum atomic E-state index is 0. The number of nitrogens with zero attached hydrogens (tertiary/aromatic N) is 5. The van der Waals surface area contributed by atoms with Crippen molar-refractivity contribution in [2.24, 2.45) is 4.99 Å². The van der Waals surface area contributed by atoms with Gasteiger partial charge < -0.3 is 15.5 Å². The molecule has 1 fully saturated rings. The lowest BCUT2D eigenvalue weighted by atomic mass is 10.2. The van der Waals surface area contributed by atoms with Gasteiger partial charge in [-0.1, -0.05) is 18.9 Å². The van der Waals surface area contributed by atoms with Crippen LogP contribution in [0.5, 0.6) is 0 Å². The molecule has 156 valence electrons. The summed E-state index contributed by atoms with van der Waals surface area (Å²) in [4.78, 5) is 6.92. The maximum absolute atomic E-state index is 4.32. The van der Waals surface area contributed by atoms with Crippen LogP contribution in [-0.4, -0.2) is 65.2 Å². The second-order valence-corrected chi connectivity index (χ2v) is 7.18. The third-order valence-electron chi connectivity index (χ3n) is 5.12. The Labute approximate surface area is 185 Å². The number of fused-ring (bicyclic) bond motifs is 1. The minimum Gasteiger partial charge on any atom is -0.356 e. The van der Waals surface area contributed by atoms with E-state index in [1.807, 2.05) is 31.4 Å². The van der Waals surface area contributed by atoms with Crippen molar-refractivity contribution < 1.29 is 0 Å². The first-order valence-electron chi connectivity index (χ1n) is 10.3. The molecule has 0 saturated carbocycles. The van der Waals surface area contributed by atoms with Crippen LogP contribution < -0.4 is 10.6 Å². The van der Waals surface area contributed by atoms with Crippen molar-refractivity contribution in [3.8, 4) is 0 Å². The van der Waals surface area contributed by atoms with Crippen LogP contribution in [-0.2, 0) is 6.42 Å². The number of nitrogens with one attached hydrogen (secondary N) is 2. The number of rotatable bonds is 8. The second-order valence-electron chi connectivity index (χ2n) is 7.18. The largest absolute Gasteiger partial charge is 0.356 e. The van der Waals surface area contributed by atoms with Crippen LogP contribution in [0.25, 0.3) is 5.65 Å². The molecule has 2 N–H and O–H groups in total.